The van der Waals surface area contributed by atoms with E-state index in [9.17, 15) is 8.78 Å². The van der Waals surface area contributed by atoms with Crippen LogP contribution in [0.1, 0.15) is 30.9 Å². The summed E-state index contributed by atoms with van der Waals surface area (Å²) in [6, 6.07) is 3.83. The lowest BCUT2D eigenvalue weighted by atomic mass is 10.0. The first-order valence-electron chi connectivity index (χ1n) is 9.15. The van der Waals surface area contributed by atoms with Gasteiger partial charge in [-0.25, -0.2) is 13.8 Å². The lowest BCUT2D eigenvalue weighted by Crippen LogP contribution is -2.30. The van der Waals surface area contributed by atoms with Gasteiger partial charge in [0.15, 0.2) is 11.6 Å². The van der Waals surface area contributed by atoms with Gasteiger partial charge in [0.05, 0.1) is 12.0 Å². The molecule has 5 nitrogen and oxygen atoms in total. The summed E-state index contributed by atoms with van der Waals surface area (Å²) in [7, 11) is 0. The predicted molar refractivity (Wildman–Crippen MR) is 96.7 cm³/mol. The summed E-state index contributed by atoms with van der Waals surface area (Å²) in [5, 5.41) is 4.12. The van der Waals surface area contributed by atoms with Crippen LogP contribution in [0.5, 0.6) is 0 Å². The second-order valence-corrected chi connectivity index (χ2v) is 7.45. The van der Waals surface area contributed by atoms with E-state index in [2.05, 4.69) is 33.5 Å². The van der Waals surface area contributed by atoms with Gasteiger partial charge in [0, 0.05) is 49.9 Å². The van der Waals surface area contributed by atoms with Crippen molar-refractivity contribution in [1.82, 2.24) is 19.6 Å². The van der Waals surface area contributed by atoms with Gasteiger partial charge in [-0.2, -0.15) is 0 Å². The van der Waals surface area contributed by atoms with Gasteiger partial charge in [-0.15, -0.1) is 0 Å². The van der Waals surface area contributed by atoms with Crippen LogP contribution in [0.15, 0.2) is 35.2 Å². The second-order valence-electron chi connectivity index (χ2n) is 7.45. The van der Waals surface area contributed by atoms with Crippen molar-refractivity contribution in [3.63, 3.8) is 0 Å². The van der Waals surface area contributed by atoms with Crippen LogP contribution in [0.2, 0.25) is 0 Å². The molecular formula is C20H22F2N4O. The fourth-order valence-corrected chi connectivity index (χ4v) is 3.54. The largest absolute Gasteiger partial charge is 0.360 e. The van der Waals surface area contributed by atoms with Gasteiger partial charge in [0.2, 0.25) is 0 Å². The number of halogens is 2. The Hall–Kier alpha value is -2.54. The first-order valence-corrected chi connectivity index (χ1v) is 9.15. The highest BCUT2D eigenvalue weighted by atomic mass is 19.2. The molecule has 0 radical (unpaired) electrons. The number of rotatable bonds is 5. The molecule has 0 spiro atoms. The first-order chi connectivity index (χ1) is 13.0. The van der Waals surface area contributed by atoms with Crippen LogP contribution in [0, 0.1) is 17.6 Å². The Kier molecular flexibility index (Phi) is 4.78. The van der Waals surface area contributed by atoms with Gasteiger partial charge in [0.1, 0.15) is 11.5 Å². The van der Waals surface area contributed by atoms with Gasteiger partial charge in [-0.1, -0.05) is 19.0 Å². The van der Waals surface area contributed by atoms with Gasteiger partial charge >= 0.3 is 0 Å². The minimum atomic E-state index is -0.880. The van der Waals surface area contributed by atoms with Crippen molar-refractivity contribution < 1.29 is 13.3 Å². The zero-order valence-corrected chi connectivity index (χ0v) is 15.5. The summed E-state index contributed by atoms with van der Waals surface area (Å²) in [5.74, 6) is -0.378. The van der Waals surface area contributed by atoms with Gasteiger partial charge in [-0.3, -0.25) is 4.90 Å². The Morgan fingerprint density at radius 1 is 1.22 bits per heavy atom. The van der Waals surface area contributed by atoms with Crippen molar-refractivity contribution in [3.8, 4) is 11.3 Å². The zero-order chi connectivity index (χ0) is 19.0. The number of benzene rings is 1. The van der Waals surface area contributed by atoms with Crippen LogP contribution >= 0.6 is 0 Å². The Morgan fingerprint density at radius 2 is 2.07 bits per heavy atom. The van der Waals surface area contributed by atoms with E-state index in [0.29, 0.717) is 23.7 Å². The monoisotopic (exact) mass is 372 g/mol. The summed E-state index contributed by atoms with van der Waals surface area (Å²) in [6.07, 6.45) is 4.52. The molecule has 0 aliphatic carbocycles. The second kappa shape index (κ2) is 7.23. The highest BCUT2D eigenvalue weighted by Gasteiger charge is 2.26. The van der Waals surface area contributed by atoms with Crippen LogP contribution in [-0.2, 0) is 26.1 Å². The molecule has 1 aliphatic rings. The summed E-state index contributed by atoms with van der Waals surface area (Å²) >= 11 is 0. The molecule has 3 heterocycles. The lowest BCUT2D eigenvalue weighted by molar-refractivity contribution is 0.222. The number of hydrogen-bond acceptors (Lipinski definition) is 4. The fraction of sp³-hybridized carbons (Fsp3) is 0.400. The van der Waals surface area contributed by atoms with Crippen molar-refractivity contribution in [2.24, 2.45) is 5.92 Å². The van der Waals surface area contributed by atoms with Crippen LogP contribution in [-0.4, -0.2) is 26.2 Å². The quantitative estimate of drug-likeness (QED) is 0.678. The molecule has 1 aliphatic heterocycles. The molecule has 27 heavy (non-hydrogen) atoms. The van der Waals surface area contributed by atoms with Gasteiger partial charge in [-0.05, 0) is 24.1 Å². The predicted octanol–water partition coefficient (Wildman–Crippen LogP) is 4.03. The van der Waals surface area contributed by atoms with Gasteiger partial charge < -0.3 is 9.09 Å². The highest BCUT2D eigenvalue weighted by molar-refractivity contribution is 5.63. The molecule has 2 aromatic heterocycles. The summed E-state index contributed by atoms with van der Waals surface area (Å²) in [4.78, 5) is 6.59. The number of fused-ring (bicyclic) bond motifs is 1. The minimum absolute atomic E-state index is 0.533. The molecule has 0 bridgehead atoms. The first kappa shape index (κ1) is 17.9. The van der Waals surface area contributed by atoms with E-state index in [4.69, 9.17) is 4.52 Å². The Labute approximate surface area is 156 Å². The molecule has 3 aromatic rings. The molecule has 1 aromatic carbocycles. The van der Waals surface area contributed by atoms with E-state index in [1.54, 1.807) is 0 Å². The number of hydrogen-bond donors (Lipinski definition) is 0. The Morgan fingerprint density at radius 3 is 2.85 bits per heavy atom. The normalized spacial score (nSPS) is 14.7. The maximum atomic E-state index is 13.6. The van der Waals surface area contributed by atoms with Crippen LogP contribution in [0.25, 0.3) is 11.3 Å². The van der Waals surface area contributed by atoms with Crippen molar-refractivity contribution in [2.75, 3.05) is 6.54 Å². The topological polar surface area (TPSA) is 47.1 Å². The standard InChI is InChI=1S/C20H22F2N4O/c1-13(2)9-26-12-23-8-15(26)10-25-6-5-19-16(11-25)20(24-27-19)14-3-4-17(21)18(22)7-14/h3-4,7-8,12-13H,5-6,9-11H2,1-2H3. The molecule has 0 N–H and O–H groups in total. The van der Waals surface area contributed by atoms with Crippen LogP contribution < -0.4 is 0 Å². The third-order valence-corrected chi connectivity index (χ3v) is 4.85. The lowest BCUT2D eigenvalue weighted by Gasteiger charge is -2.26. The molecule has 0 unspecified atom stereocenters. The van der Waals surface area contributed by atoms with Crippen molar-refractivity contribution >= 4 is 0 Å². The summed E-state index contributed by atoms with van der Waals surface area (Å²) in [6.45, 7) is 7.58. The highest BCUT2D eigenvalue weighted by Crippen LogP contribution is 2.31. The third kappa shape index (κ3) is 3.64. The maximum absolute atomic E-state index is 13.6. The van der Waals surface area contributed by atoms with E-state index in [1.807, 2.05) is 12.5 Å². The Balaban J connectivity index is 1.56. The summed E-state index contributed by atoms with van der Waals surface area (Å²) in [5.41, 5.74) is 3.23. The SMILES string of the molecule is CC(C)Cn1cncc1CN1CCc2onc(-c3ccc(F)c(F)c3)c2C1. The van der Waals surface area contributed by atoms with Gasteiger partial charge in [0.25, 0.3) is 0 Å². The van der Waals surface area contributed by atoms with Crippen molar-refractivity contribution in [2.45, 2.75) is 39.9 Å². The molecule has 0 amide bonds. The van der Waals surface area contributed by atoms with E-state index < -0.39 is 11.6 Å². The number of nitrogens with zero attached hydrogens (tertiary/aromatic N) is 4. The average Bonchev–Trinajstić information content (AvgIpc) is 3.24. The Bertz CT molecular complexity index is 947. The molecular weight excluding hydrogens is 350 g/mol. The fourth-order valence-electron chi connectivity index (χ4n) is 3.54. The van der Waals surface area contributed by atoms with Crippen LogP contribution in [0.3, 0.4) is 0 Å². The maximum Gasteiger partial charge on any atom is 0.159 e. The van der Waals surface area contributed by atoms with E-state index in [1.165, 1.54) is 12.1 Å². The number of aromatic nitrogens is 3. The molecule has 142 valence electrons. The zero-order valence-electron chi connectivity index (χ0n) is 15.5. The van der Waals surface area contributed by atoms with E-state index in [-0.39, 0.29) is 0 Å². The van der Waals surface area contributed by atoms with Crippen LogP contribution in [0.4, 0.5) is 8.78 Å². The molecule has 4 rings (SSSR count). The molecule has 0 saturated carbocycles. The van der Waals surface area contributed by atoms with E-state index >= 15 is 0 Å². The van der Waals surface area contributed by atoms with E-state index in [0.717, 1.165) is 49.1 Å². The summed E-state index contributed by atoms with van der Waals surface area (Å²) < 4.78 is 34.5. The third-order valence-electron chi connectivity index (χ3n) is 4.85. The minimum Gasteiger partial charge on any atom is -0.360 e. The molecule has 0 atom stereocenters. The average molecular weight is 372 g/mol. The van der Waals surface area contributed by atoms with Crippen molar-refractivity contribution in [1.29, 1.82) is 0 Å². The number of imidazole rings is 1. The molecule has 0 saturated heterocycles. The smallest absolute Gasteiger partial charge is 0.159 e. The van der Waals surface area contributed by atoms with Crippen molar-refractivity contribution in [3.05, 3.63) is 59.4 Å². The molecule has 0 fully saturated rings. The molecule has 7 heteroatoms.